The summed E-state index contributed by atoms with van der Waals surface area (Å²) < 4.78 is 4.04. The van der Waals surface area contributed by atoms with Crippen LogP contribution in [0, 0.1) is 0 Å². The van der Waals surface area contributed by atoms with E-state index in [0.29, 0.717) is 12.6 Å². The molecule has 104 valence electrons. The van der Waals surface area contributed by atoms with Crippen LogP contribution in [-0.2, 0) is 6.54 Å². The Morgan fingerprint density at radius 1 is 1.30 bits per heavy atom. The van der Waals surface area contributed by atoms with Crippen LogP contribution >= 0.6 is 31.9 Å². The second kappa shape index (κ2) is 5.74. The largest absolute Gasteiger partial charge is 0.347 e. The summed E-state index contributed by atoms with van der Waals surface area (Å²) in [7, 11) is 0. The maximum atomic E-state index is 12.3. The summed E-state index contributed by atoms with van der Waals surface area (Å²) in [6.45, 7) is 0.522. The monoisotopic (exact) mass is 396 g/mol. The molecule has 0 saturated heterocycles. The van der Waals surface area contributed by atoms with Gasteiger partial charge in [0.25, 0.3) is 5.91 Å². The highest BCUT2D eigenvalue weighted by Gasteiger charge is 2.27. The maximum absolute atomic E-state index is 12.3. The molecule has 0 aliphatic heterocycles. The second-order valence-corrected chi connectivity index (χ2v) is 6.73. The van der Waals surface area contributed by atoms with Crippen molar-refractivity contribution in [2.45, 2.75) is 25.4 Å². The summed E-state index contributed by atoms with van der Waals surface area (Å²) in [6.07, 6.45) is 4.31. The molecule has 1 N–H and O–H groups in total. The topological polar surface area (TPSA) is 34.0 Å². The van der Waals surface area contributed by atoms with E-state index in [1.807, 2.05) is 36.5 Å². The molecule has 1 amide bonds. The third-order valence-corrected chi connectivity index (χ3v) is 4.59. The first kappa shape index (κ1) is 13.9. The fourth-order valence-electron chi connectivity index (χ4n) is 2.19. The van der Waals surface area contributed by atoms with E-state index in [1.165, 1.54) is 0 Å². The van der Waals surface area contributed by atoms with Gasteiger partial charge in [0.1, 0.15) is 5.69 Å². The zero-order valence-electron chi connectivity index (χ0n) is 10.8. The Morgan fingerprint density at radius 3 is 2.75 bits per heavy atom. The average molecular weight is 398 g/mol. The van der Waals surface area contributed by atoms with Crippen LogP contribution in [0.4, 0.5) is 0 Å². The lowest BCUT2D eigenvalue weighted by molar-refractivity contribution is 0.0941. The first-order valence-corrected chi connectivity index (χ1v) is 8.13. The molecule has 5 heteroatoms. The summed E-state index contributed by atoms with van der Waals surface area (Å²) >= 11 is 6.94. The van der Waals surface area contributed by atoms with Gasteiger partial charge in [-0.15, -0.1) is 0 Å². The molecule has 1 aromatic heterocycles. The molecule has 1 aliphatic rings. The zero-order chi connectivity index (χ0) is 14.1. The number of carbonyl (C=O) groups is 1. The molecule has 3 nitrogen and oxygen atoms in total. The number of hydrogen-bond acceptors (Lipinski definition) is 1. The van der Waals surface area contributed by atoms with Crippen molar-refractivity contribution < 1.29 is 4.79 Å². The normalized spacial score (nSPS) is 14.3. The van der Waals surface area contributed by atoms with Gasteiger partial charge in [-0.05, 0) is 46.5 Å². The average Bonchev–Trinajstić information content (AvgIpc) is 3.20. The predicted molar refractivity (Wildman–Crippen MR) is 85.7 cm³/mol. The van der Waals surface area contributed by atoms with Crippen molar-refractivity contribution in [2.24, 2.45) is 0 Å². The van der Waals surface area contributed by atoms with Gasteiger partial charge in [-0.2, -0.15) is 0 Å². The van der Waals surface area contributed by atoms with Gasteiger partial charge in [-0.25, -0.2) is 0 Å². The van der Waals surface area contributed by atoms with E-state index >= 15 is 0 Å². The van der Waals surface area contributed by atoms with Crippen LogP contribution in [0.25, 0.3) is 0 Å². The highest BCUT2D eigenvalue weighted by molar-refractivity contribution is 9.10. The summed E-state index contributed by atoms with van der Waals surface area (Å²) in [6, 6.07) is 10.3. The van der Waals surface area contributed by atoms with Crippen molar-refractivity contribution in [3.05, 3.63) is 56.7 Å². The van der Waals surface area contributed by atoms with Gasteiger partial charge in [-0.3, -0.25) is 4.79 Å². The van der Waals surface area contributed by atoms with Gasteiger partial charge in [0.15, 0.2) is 0 Å². The summed E-state index contributed by atoms with van der Waals surface area (Å²) in [5.74, 6) is -0.0293. The molecule has 20 heavy (non-hydrogen) atoms. The molecule has 1 aliphatic carbocycles. The lowest BCUT2D eigenvalue weighted by Gasteiger charge is -2.09. The predicted octanol–water partition coefficient (Wildman–Crippen LogP) is 4.28. The quantitative estimate of drug-likeness (QED) is 0.820. The Balaban J connectivity index is 1.72. The van der Waals surface area contributed by atoms with Crippen LogP contribution in [0.15, 0.2) is 45.5 Å². The standard InChI is InChI=1S/C15H14Br2N2O/c16-11-7-14(19(9-11)12-5-6-12)15(20)18-8-10-3-1-2-4-13(10)17/h1-4,7,9,12H,5-6,8H2,(H,18,20). The minimum absolute atomic E-state index is 0.0293. The van der Waals surface area contributed by atoms with E-state index in [1.54, 1.807) is 0 Å². The molecular formula is C15H14Br2N2O. The Morgan fingerprint density at radius 2 is 2.05 bits per heavy atom. The molecule has 0 bridgehead atoms. The van der Waals surface area contributed by atoms with Gasteiger partial charge >= 0.3 is 0 Å². The van der Waals surface area contributed by atoms with Crippen molar-refractivity contribution >= 4 is 37.8 Å². The number of benzene rings is 1. The van der Waals surface area contributed by atoms with Gasteiger partial charge in [-0.1, -0.05) is 34.1 Å². The Kier molecular flexibility index (Phi) is 3.98. The molecule has 1 heterocycles. The maximum Gasteiger partial charge on any atom is 0.268 e. The van der Waals surface area contributed by atoms with Crippen molar-refractivity contribution in [1.82, 2.24) is 9.88 Å². The summed E-state index contributed by atoms with van der Waals surface area (Å²) in [5, 5.41) is 2.98. The molecule has 3 rings (SSSR count). The number of nitrogens with one attached hydrogen (secondary N) is 1. The van der Waals surface area contributed by atoms with E-state index in [9.17, 15) is 4.79 Å². The van der Waals surface area contributed by atoms with Gasteiger partial charge in [0.05, 0.1) is 0 Å². The first-order valence-electron chi connectivity index (χ1n) is 6.54. The number of hydrogen-bond donors (Lipinski definition) is 1. The van der Waals surface area contributed by atoms with E-state index < -0.39 is 0 Å². The van der Waals surface area contributed by atoms with Crippen LogP contribution in [0.1, 0.15) is 34.9 Å². The first-order chi connectivity index (χ1) is 9.65. The Bertz CT molecular complexity index is 647. The highest BCUT2D eigenvalue weighted by Crippen LogP contribution is 2.37. The smallest absolute Gasteiger partial charge is 0.268 e. The van der Waals surface area contributed by atoms with Crippen LogP contribution in [0.2, 0.25) is 0 Å². The number of halogens is 2. The number of rotatable bonds is 4. The van der Waals surface area contributed by atoms with Crippen LogP contribution in [0.5, 0.6) is 0 Å². The second-order valence-electron chi connectivity index (χ2n) is 4.96. The number of aromatic nitrogens is 1. The van der Waals surface area contributed by atoms with Gasteiger partial charge in [0.2, 0.25) is 0 Å². The van der Waals surface area contributed by atoms with Crippen molar-refractivity contribution in [1.29, 1.82) is 0 Å². The summed E-state index contributed by atoms with van der Waals surface area (Å²) in [4.78, 5) is 12.3. The Hall–Kier alpha value is -1.07. The minimum atomic E-state index is -0.0293. The lowest BCUT2D eigenvalue weighted by atomic mass is 10.2. The molecule has 0 atom stereocenters. The van der Waals surface area contributed by atoms with E-state index in [4.69, 9.17) is 0 Å². The molecule has 2 aromatic rings. The third kappa shape index (κ3) is 2.99. The zero-order valence-corrected chi connectivity index (χ0v) is 13.9. The van der Waals surface area contributed by atoms with Crippen LogP contribution in [-0.4, -0.2) is 10.5 Å². The third-order valence-electron chi connectivity index (χ3n) is 3.39. The molecular weight excluding hydrogens is 384 g/mol. The fraction of sp³-hybridized carbons (Fsp3) is 0.267. The van der Waals surface area contributed by atoms with E-state index in [-0.39, 0.29) is 5.91 Å². The SMILES string of the molecule is O=C(NCc1ccccc1Br)c1cc(Br)cn1C1CC1. The van der Waals surface area contributed by atoms with E-state index in [0.717, 1.165) is 33.0 Å². The number of carbonyl (C=O) groups excluding carboxylic acids is 1. The summed E-state index contributed by atoms with van der Waals surface area (Å²) in [5.41, 5.74) is 1.80. The van der Waals surface area contributed by atoms with Crippen molar-refractivity contribution in [3.8, 4) is 0 Å². The van der Waals surface area contributed by atoms with Gasteiger partial charge in [0, 0.05) is 27.7 Å². The lowest BCUT2D eigenvalue weighted by Crippen LogP contribution is -2.25. The minimum Gasteiger partial charge on any atom is -0.347 e. The molecule has 0 spiro atoms. The van der Waals surface area contributed by atoms with Crippen molar-refractivity contribution in [2.75, 3.05) is 0 Å². The Labute approximate surface area is 134 Å². The molecule has 1 saturated carbocycles. The molecule has 0 radical (unpaired) electrons. The van der Waals surface area contributed by atoms with Crippen LogP contribution < -0.4 is 5.32 Å². The van der Waals surface area contributed by atoms with E-state index in [2.05, 4.69) is 41.7 Å². The fourth-order valence-corrected chi connectivity index (χ4v) is 3.05. The molecule has 1 aromatic carbocycles. The van der Waals surface area contributed by atoms with Gasteiger partial charge < -0.3 is 9.88 Å². The number of nitrogens with zero attached hydrogens (tertiary/aromatic N) is 1. The molecule has 1 fully saturated rings. The van der Waals surface area contributed by atoms with Crippen LogP contribution in [0.3, 0.4) is 0 Å². The van der Waals surface area contributed by atoms with Crippen molar-refractivity contribution in [3.63, 3.8) is 0 Å². The molecule has 0 unspecified atom stereocenters. The highest BCUT2D eigenvalue weighted by atomic mass is 79.9. The number of amides is 1.